The van der Waals surface area contributed by atoms with E-state index in [1.165, 1.54) is 0 Å². The Morgan fingerprint density at radius 1 is 1.21 bits per heavy atom. The molecule has 0 radical (unpaired) electrons. The number of halogens is 3. The van der Waals surface area contributed by atoms with Gasteiger partial charge in [0.2, 0.25) is 0 Å². The molecule has 0 fully saturated rings. The molecule has 0 bridgehead atoms. The summed E-state index contributed by atoms with van der Waals surface area (Å²) in [7, 11) is 0. The molecule has 0 heterocycles. The van der Waals surface area contributed by atoms with E-state index >= 15 is 0 Å². The van der Waals surface area contributed by atoms with Crippen molar-refractivity contribution in [2.45, 2.75) is 20.0 Å². The zero-order valence-corrected chi connectivity index (χ0v) is 11.0. The van der Waals surface area contributed by atoms with E-state index in [1.54, 1.807) is 12.1 Å². The second-order valence-corrected chi connectivity index (χ2v) is 5.20. The fourth-order valence-corrected chi connectivity index (χ4v) is 2.60. The molecule has 1 rings (SSSR count). The lowest BCUT2D eigenvalue weighted by atomic mass is 9.99. The zero-order valence-electron chi connectivity index (χ0n) is 7.89. The molecule has 0 aliphatic rings. The van der Waals surface area contributed by atoms with Gasteiger partial charge in [-0.2, -0.15) is 0 Å². The summed E-state index contributed by atoms with van der Waals surface area (Å²) >= 11 is 15.3. The summed E-state index contributed by atoms with van der Waals surface area (Å²) in [6.07, 6.45) is -0.622. The van der Waals surface area contributed by atoms with E-state index < -0.39 is 6.10 Å². The number of aliphatic hydroxyl groups excluding tert-OH is 1. The van der Waals surface area contributed by atoms with Gasteiger partial charge >= 0.3 is 0 Å². The fourth-order valence-electron chi connectivity index (χ4n) is 1.17. The van der Waals surface area contributed by atoms with Gasteiger partial charge < -0.3 is 5.11 Å². The first-order valence-electron chi connectivity index (χ1n) is 4.26. The molecule has 0 spiro atoms. The molecule has 1 aromatic rings. The molecule has 4 heteroatoms. The lowest BCUT2D eigenvalue weighted by Gasteiger charge is -2.18. The Kier molecular flexibility index (Phi) is 4.26. The summed E-state index contributed by atoms with van der Waals surface area (Å²) < 4.78 is 0.812. The Morgan fingerprint density at radius 2 is 1.64 bits per heavy atom. The molecule has 1 nitrogen and oxygen atoms in total. The first-order valence-corrected chi connectivity index (χ1v) is 5.81. The first-order chi connectivity index (χ1) is 6.43. The molecule has 0 aliphatic heterocycles. The van der Waals surface area contributed by atoms with Crippen molar-refractivity contribution >= 4 is 39.1 Å². The minimum atomic E-state index is -0.622. The van der Waals surface area contributed by atoms with Gasteiger partial charge in [-0.1, -0.05) is 53.0 Å². The quantitative estimate of drug-likeness (QED) is 0.855. The maximum absolute atomic E-state index is 9.87. The number of hydrogen-bond acceptors (Lipinski definition) is 1. The van der Waals surface area contributed by atoms with E-state index in [-0.39, 0.29) is 5.92 Å². The second kappa shape index (κ2) is 4.84. The van der Waals surface area contributed by atoms with Crippen LogP contribution in [-0.4, -0.2) is 5.11 Å². The Hall–Kier alpha value is 0.240. The molecule has 1 aromatic carbocycles. The van der Waals surface area contributed by atoms with Gasteiger partial charge in [-0.05, 0) is 18.1 Å². The van der Waals surface area contributed by atoms with Gasteiger partial charge in [0, 0.05) is 20.1 Å². The van der Waals surface area contributed by atoms with Gasteiger partial charge in [-0.25, -0.2) is 0 Å². The van der Waals surface area contributed by atoms with Crippen LogP contribution in [0.1, 0.15) is 25.5 Å². The average Bonchev–Trinajstić information content (AvgIpc) is 2.01. The molecule has 0 saturated carbocycles. The van der Waals surface area contributed by atoms with E-state index in [0.29, 0.717) is 15.6 Å². The molecular formula is C10H11BrCl2O. The molecule has 0 aliphatic carbocycles. The summed E-state index contributed by atoms with van der Waals surface area (Å²) in [6.45, 7) is 3.83. The van der Waals surface area contributed by atoms with Gasteiger partial charge in [0.05, 0.1) is 6.10 Å². The first kappa shape index (κ1) is 12.3. The van der Waals surface area contributed by atoms with E-state index in [1.807, 2.05) is 13.8 Å². The topological polar surface area (TPSA) is 20.2 Å². The molecule has 14 heavy (non-hydrogen) atoms. The van der Waals surface area contributed by atoms with Gasteiger partial charge in [0.25, 0.3) is 0 Å². The third kappa shape index (κ3) is 2.63. The Bertz CT molecular complexity index is 316. The van der Waals surface area contributed by atoms with Crippen molar-refractivity contribution in [2.75, 3.05) is 0 Å². The highest BCUT2D eigenvalue weighted by Crippen LogP contribution is 2.36. The van der Waals surface area contributed by atoms with Gasteiger partial charge in [0.1, 0.15) is 0 Å². The van der Waals surface area contributed by atoms with Crippen LogP contribution in [0.25, 0.3) is 0 Å². The predicted molar refractivity (Wildman–Crippen MR) is 64.0 cm³/mol. The highest BCUT2D eigenvalue weighted by atomic mass is 79.9. The molecule has 1 atom stereocenters. The maximum Gasteiger partial charge on any atom is 0.0841 e. The largest absolute Gasteiger partial charge is 0.388 e. The number of rotatable bonds is 2. The highest BCUT2D eigenvalue weighted by molar-refractivity contribution is 9.10. The van der Waals surface area contributed by atoms with Gasteiger partial charge in [-0.3, -0.25) is 0 Å². The van der Waals surface area contributed by atoms with Crippen LogP contribution >= 0.6 is 39.1 Å². The lowest BCUT2D eigenvalue weighted by molar-refractivity contribution is 0.127. The maximum atomic E-state index is 9.87. The molecular weight excluding hydrogens is 287 g/mol. The minimum absolute atomic E-state index is 0.0891. The van der Waals surface area contributed by atoms with E-state index in [9.17, 15) is 5.11 Å². The van der Waals surface area contributed by atoms with Crippen LogP contribution in [0.5, 0.6) is 0 Å². The van der Waals surface area contributed by atoms with Crippen LogP contribution in [0.2, 0.25) is 10.0 Å². The molecule has 0 saturated heterocycles. The van der Waals surface area contributed by atoms with Crippen molar-refractivity contribution in [1.29, 1.82) is 0 Å². The Morgan fingerprint density at radius 3 is 2.00 bits per heavy atom. The molecule has 78 valence electrons. The van der Waals surface area contributed by atoms with Crippen LogP contribution in [-0.2, 0) is 0 Å². The molecule has 1 N–H and O–H groups in total. The SMILES string of the molecule is CC(C)C(O)c1c(Cl)cc(Br)cc1Cl. The summed E-state index contributed by atoms with van der Waals surface area (Å²) in [4.78, 5) is 0. The summed E-state index contributed by atoms with van der Waals surface area (Å²) in [5, 5.41) is 10.8. The average molecular weight is 298 g/mol. The predicted octanol–water partition coefficient (Wildman–Crippen LogP) is 4.45. The third-order valence-corrected chi connectivity index (χ3v) is 3.05. The van der Waals surface area contributed by atoms with Crippen LogP contribution in [0.3, 0.4) is 0 Å². The van der Waals surface area contributed by atoms with Crippen molar-refractivity contribution in [1.82, 2.24) is 0 Å². The standard InChI is InChI=1S/C10H11BrCl2O/c1-5(2)10(14)9-7(12)3-6(11)4-8(9)13/h3-5,10,14H,1-2H3. The molecule has 0 amide bonds. The van der Waals surface area contributed by atoms with Crippen molar-refractivity contribution < 1.29 is 5.11 Å². The fraction of sp³-hybridized carbons (Fsp3) is 0.400. The van der Waals surface area contributed by atoms with Crippen LogP contribution in [0, 0.1) is 5.92 Å². The van der Waals surface area contributed by atoms with Crippen molar-refractivity contribution in [2.24, 2.45) is 5.92 Å². The minimum Gasteiger partial charge on any atom is -0.388 e. The van der Waals surface area contributed by atoms with Gasteiger partial charge in [0.15, 0.2) is 0 Å². The summed E-state index contributed by atoms with van der Waals surface area (Å²) in [6, 6.07) is 3.46. The smallest absolute Gasteiger partial charge is 0.0841 e. The normalized spacial score (nSPS) is 13.4. The number of benzene rings is 1. The molecule has 1 unspecified atom stereocenters. The van der Waals surface area contributed by atoms with Crippen LogP contribution in [0.15, 0.2) is 16.6 Å². The summed E-state index contributed by atoms with van der Waals surface area (Å²) in [5.41, 5.74) is 0.603. The lowest BCUT2D eigenvalue weighted by Crippen LogP contribution is -2.06. The van der Waals surface area contributed by atoms with E-state index in [2.05, 4.69) is 15.9 Å². The van der Waals surface area contributed by atoms with Crippen LogP contribution in [0.4, 0.5) is 0 Å². The zero-order chi connectivity index (χ0) is 10.9. The highest BCUT2D eigenvalue weighted by Gasteiger charge is 2.19. The second-order valence-electron chi connectivity index (χ2n) is 3.47. The van der Waals surface area contributed by atoms with Crippen molar-refractivity contribution in [3.8, 4) is 0 Å². The number of hydrogen-bond donors (Lipinski definition) is 1. The van der Waals surface area contributed by atoms with Crippen LogP contribution < -0.4 is 0 Å². The van der Waals surface area contributed by atoms with Crippen molar-refractivity contribution in [3.05, 3.63) is 32.2 Å². The Labute approximate surface area is 102 Å². The monoisotopic (exact) mass is 296 g/mol. The summed E-state index contributed by atoms with van der Waals surface area (Å²) in [5.74, 6) is 0.0891. The number of aliphatic hydroxyl groups is 1. The van der Waals surface area contributed by atoms with E-state index in [0.717, 1.165) is 4.47 Å². The third-order valence-electron chi connectivity index (χ3n) is 1.97. The Balaban J connectivity index is 3.20. The van der Waals surface area contributed by atoms with Crippen molar-refractivity contribution in [3.63, 3.8) is 0 Å². The molecule has 0 aromatic heterocycles. The van der Waals surface area contributed by atoms with E-state index in [4.69, 9.17) is 23.2 Å². The van der Waals surface area contributed by atoms with Gasteiger partial charge in [-0.15, -0.1) is 0 Å².